The molecule has 0 unspecified atom stereocenters. The normalized spacial score (nSPS) is 11.6. The van der Waals surface area contributed by atoms with E-state index in [0.29, 0.717) is 28.1 Å². The van der Waals surface area contributed by atoms with Crippen LogP contribution in [0.2, 0.25) is 0 Å². The molecule has 1 heterocycles. The second kappa shape index (κ2) is 6.56. The summed E-state index contributed by atoms with van der Waals surface area (Å²) in [6.07, 6.45) is -3.41. The summed E-state index contributed by atoms with van der Waals surface area (Å²) in [6, 6.07) is 6.14. The Kier molecular flexibility index (Phi) is 4.57. The smallest absolute Gasteiger partial charge is 0.329 e. The van der Waals surface area contributed by atoms with Crippen molar-refractivity contribution in [2.24, 2.45) is 0 Å². The van der Waals surface area contributed by atoms with Crippen LogP contribution in [0.15, 0.2) is 51.9 Å². The number of anilines is 1. The molecule has 26 heavy (non-hydrogen) atoms. The van der Waals surface area contributed by atoms with Crippen molar-refractivity contribution in [3.8, 4) is 0 Å². The molecule has 0 saturated carbocycles. The van der Waals surface area contributed by atoms with E-state index in [4.69, 9.17) is 0 Å². The molecule has 9 heteroatoms. The number of nitrogens with one attached hydrogen (secondary N) is 2. The average Bonchev–Trinajstić information content (AvgIpc) is 2.54. The van der Waals surface area contributed by atoms with Crippen LogP contribution in [-0.2, 0) is 6.18 Å². The van der Waals surface area contributed by atoms with Gasteiger partial charge >= 0.3 is 6.18 Å². The van der Waals surface area contributed by atoms with Crippen LogP contribution in [0, 0.1) is 5.82 Å². The quantitative estimate of drug-likeness (QED) is 0.581. The van der Waals surface area contributed by atoms with Gasteiger partial charge in [0, 0.05) is 21.6 Å². The number of fused-ring (bicyclic) bond motifs is 1. The highest BCUT2D eigenvalue weighted by Gasteiger charge is 2.32. The summed E-state index contributed by atoms with van der Waals surface area (Å²) in [7, 11) is 0. The van der Waals surface area contributed by atoms with E-state index in [1.165, 1.54) is 24.4 Å². The molecule has 0 radical (unpaired) electrons. The molecule has 2 aromatic carbocycles. The monoisotopic (exact) mass is 428 g/mol. The number of carbonyl (C=O) groups is 1. The van der Waals surface area contributed by atoms with Gasteiger partial charge in [-0.25, -0.2) is 4.39 Å². The van der Waals surface area contributed by atoms with Crippen LogP contribution in [-0.4, -0.2) is 10.9 Å². The molecule has 0 bridgehead atoms. The fraction of sp³-hybridized carbons (Fsp3) is 0.0588. The van der Waals surface area contributed by atoms with Gasteiger partial charge < -0.3 is 10.3 Å². The summed E-state index contributed by atoms with van der Waals surface area (Å²) in [4.78, 5) is 26.7. The van der Waals surface area contributed by atoms with Gasteiger partial charge in [0.2, 0.25) is 0 Å². The van der Waals surface area contributed by atoms with E-state index in [2.05, 4.69) is 26.2 Å². The van der Waals surface area contributed by atoms with E-state index >= 15 is 0 Å². The van der Waals surface area contributed by atoms with Crippen LogP contribution < -0.4 is 10.9 Å². The molecule has 0 fully saturated rings. The second-order valence-electron chi connectivity index (χ2n) is 5.40. The summed E-state index contributed by atoms with van der Waals surface area (Å²) >= 11 is 3.20. The maximum atomic E-state index is 13.5. The molecule has 0 aliphatic rings. The van der Waals surface area contributed by atoms with Gasteiger partial charge in [0.25, 0.3) is 11.5 Å². The summed E-state index contributed by atoms with van der Waals surface area (Å²) in [6.45, 7) is 0. The van der Waals surface area contributed by atoms with Crippen molar-refractivity contribution in [1.82, 2.24) is 4.98 Å². The lowest BCUT2D eigenvalue weighted by Gasteiger charge is -2.12. The first kappa shape index (κ1) is 18.1. The van der Waals surface area contributed by atoms with Crippen LogP contribution in [0.1, 0.15) is 15.9 Å². The topological polar surface area (TPSA) is 62.0 Å². The van der Waals surface area contributed by atoms with Crippen molar-refractivity contribution in [2.75, 3.05) is 5.32 Å². The summed E-state index contributed by atoms with van der Waals surface area (Å²) in [5, 5.41) is 3.08. The standard InChI is InChI=1S/C17H9BrF4N2O2/c18-10-6-13-12(1-2-23-16(13)26)14(7-10)24-15(25)8-3-9(17(20,21)22)5-11(19)4-8/h1-7H,(H,23,26)(H,24,25). The zero-order chi connectivity index (χ0) is 19.1. The lowest BCUT2D eigenvalue weighted by Crippen LogP contribution is -2.15. The van der Waals surface area contributed by atoms with E-state index in [1.807, 2.05) is 0 Å². The van der Waals surface area contributed by atoms with Crippen LogP contribution in [0.3, 0.4) is 0 Å². The van der Waals surface area contributed by atoms with Crippen molar-refractivity contribution < 1.29 is 22.4 Å². The molecule has 0 aliphatic carbocycles. The predicted octanol–water partition coefficient (Wildman–Crippen LogP) is 4.70. The Morgan fingerprint density at radius 2 is 1.81 bits per heavy atom. The van der Waals surface area contributed by atoms with E-state index < -0.39 is 34.6 Å². The molecule has 3 aromatic rings. The predicted molar refractivity (Wildman–Crippen MR) is 91.6 cm³/mol. The highest BCUT2D eigenvalue weighted by Crippen LogP contribution is 2.31. The Bertz CT molecular complexity index is 1080. The Labute approximate surface area is 152 Å². The number of H-pyrrole nitrogens is 1. The van der Waals surface area contributed by atoms with Crippen molar-refractivity contribution in [3.63, 3.8) is 0 Å². The number of halogens is 5. The van der Waals surface area contributed by atoms with Crippen molar-refractivity contribution in [1.29, 1.82) is 0 Å². The van der Waals surface area contributed by atoms with Gasteiger partial charge in [0.1, 0.15) is 5.82 Å². The molecular formula is C17H9BrF4N2O2. The number of alkyl halides is 3. The zero-order valence-electron chi connectivity index (χ0n) is 12.7. The first-order chi connectivity index (χ1) is 12.1. The number of amides is 1. The van der Waals surface area contributed by atoms with Crippen LogP contribution in [0.5, 0.6) is 0 Å². The van der Waals surface area contributed by atoms with E-state index in [0.717, 1.165) is 0 Å². The summed E-state index contributed by atoms with van der Waals surface area (Å²) in [5.74, 6) is -2.12. The molecule has 0 aliphatic heterocycles. The average molecular weight is 429 g/mol. The first-order valence-electron chi connectivity index (χ1n) is 7.15. The Hall–Kier alpha value is -2.68. The van der Waals surface area contributed by atoms with E-state index in [9.17, 15) is 27.2 Å². The Morgan fingerprint density at radius 1 is 1.08 bits per heavy atom. The molecule has 4 nitrogen and oxygen atoms in total. The SMILES string of the molecule is O=C(Nc1cc(Br)cc2c(=O)[nH]ccc12)c1cc(F)cc(C(F)(F)F)c1. The van der Waals surface area contributed by atoms with Gasteiger partial charge in [0.15, 0.2) is 0 Å². The second-order valence-corrected chi connectivity index (χ2v) is 6.32. The zero-order valence-corrected chi connectivity index (χ0v) is 14.3. The van der Waals surface area contributed by atoms with Crippen molar-refractivity contribution >= 4 is 38.3 Å². The number of benzene rings is 2. The van der Waals surface area contributed by atoms with Crippen LogP contribution in [0.25, 0.3) is 10.8 Å². The van der Waals surface area contributed by atoms with Gasteiger partial charge in [-0.3, -0.25) is 9.59 Å². The first-order valence-corrected chi connectivity index (χ1v) is 7.94. The Balaban J connectivity index is 2.04. The molecule has 3 rings (SSSR count). The number of rotatable bonds is 2. The van der Waals surface area contributed by atoms with Crippen LogP contribution >= 0.6 is 15.9 Å². The number of hydrogen-bond acceptors (Lipinski definition) is 2. The van der Waals surface area contributed by atoms with Crippen molar-refractivity contribution in [2.45, 2.75) is 6.18 Å². The maximum absolute atomic E-state index is 13.5. The molecule has 0 spiro atoms. The summed E-state index contributed by atoms with van der Waals surface area (Å²) < 4.78 is 52.4. The minimum absolute atomic E-state index is 0.197. The van der Waals surface area contributed by atoms with Gasteiger partial charge in [-0.15, -0.1) is 0 Å². The molecule has 2 N–H and O–H groups in total. The lowest BCUT2D eigenvalue weighted by molar-refractivity contribution is -0.137. The maximum Gasteiger partial charge on any atom is 0.416 e. The van der Waals surface area contributed by atoms with Gasteiger partial charge in [0.05, 0.1) is 16.6 Å². The molecular weight excluding hydrogens is 420 g/mol. The van der Waals surface area contributed by atoms with E-state index in [1.54, 1.807) is 0 Å². The minimum Gasteiger partial charge on any atom is -0.329 e. The largest absolute Gasteiger partial charge is 0.416 e. The van der Waals surface area contributed by atoms with Crippen LogP contribution in [0.4, 0.5) is 23.2 Å². The van der Waals surface area contributed by atoms with Gasteiger partial charge in [-0.05, 0) is 36.4 Å². The molecule has 1 amide bonds. The highest BCUT2D eigenvalue weighted by atomic mass is 79.9. The third kappa shape index (κ3) is 3.62. The molecule has 0 saturated heterocycles. The number of pyridine rings is 1. The lowest BCUT2D eigenvalue weighted by atomic mass is 10.1. The third-order valence-electron chi connectivity index (χ3n) is 3.59. The van der Waals surface area contributed by atoms with Crippen molar-refractivity contribution in [3.05, 3.63) is 74.4 Å². The number of aromatic amines is 1. The number of aromatic nitrogens is 1. The fourth-order valence-electron chi connectivity index (χ4n) is 2.45. The third-order valence-corrected chi connectivity index (χ3v) is 4.05. The molecule has 134 valence electrons. The Morgan fingerprint density at radius 3 is 2.50 bits per heavy atom. The molecule has 1 aromatic heterocycles. The van der Waals surface area contributed by atoms with Gasteiger partial charge in [-0.2, -0.15) is 13.2 Å². The van der Waals surface area contributed by atoms with E-state index in [-0.39, 0.29) is 11.1 Å². The minimum atomic E-state index is -4.78. The fourth-order valence-corrected chi connectivity index (χ4v) is 2.90. The van der Waals surface area contributed by atoms with Gasteiger partial charge in [-0.1, -0.05) is 15.9 Å². The number of carbonyl (C=O) groups excluding carboxylic acids is 1. The summed E-state index contributed by atoms with van der Waals surface area (Å²) in [5.41, 5.74) is -1.96. The number of hydrogen-bond donors (Lipinski definition) is 2. The molecule has 0 atom stereocenters. The highest BCUT2D eigenvalue weighted by molar-refractivity contribution is 9.10.